The number of hydrogen-bond donors (Lipinski definition) is 2. The van der Waals surface area contributed by atoms with Gasteiger partial charge in [0, 0.05) is 6.54 Å². The molecule has 1 saturated carbocycles. The van der Waals surface area contributed by atoms with Crippen LogP contribution in [-0.4, -0.2) is 23.7 Å². The Labute approximate surface area is 121 Å². The summed E-state index contributed by atoms with van der Waals surface area (Å²) in [4.78, 5) is 11.8. The molecule has 1 aromatic carbocycles. The highest BCUT2D eigenvalue weighted by molar-refractivity contribution is 5.94. The molecule has 21 heavy (non-hydrogen) atoms. The van der Waals surface area contributed by atoms with Gasteiger partial charge in [-0.2, -0.15) is 5.26 Å². The molecule has 0 aromatic heterocycles. The molecule has 0 aliphatic heterocycles. The van der Waals surface area contributed by atoms with Gasteiger partial charge in [-0.05, 0) is 30.9 Å². The Hall–Kier alpha value is -2.00. The zero-order valence-corrected chi connectivity index (χ0v) is 11.4. The SMILES string of the molecule is N#Cc1cc(F)c(C(=O)NCC(O)C2CCCC2)c(F)c1. The number of benzene rings is 1. The molecule has 1 unspecified atom stereocenters. The number of halogens is 2. The number of rotatable bonds is 4. The van der Waals surface area contributed by atoms with Crippen LogP contribution in [0, 0.1) is 28.9 Å². The highest BCUT2D eigenvalue weighted by Gasteiger charge is 2.25. The second-order valence-electron chi connectivity index (χ2n) is 5.25. The highest BCUT2D eigenvalue weighted by atomic mass is 19.1. The van der Waals surface area contributed by atoms with Gasteiger partial charge in [0.2, 0.25) is 0 Å². The number of nitrogens with zero attached hydrogens (tertiary/aromatic N) is 1. The molecule has 1 aromatic rings. The number of amides is 1. The van der Waals surface area contributed by atoms with Crippen LogP contribution < -0.4 is 5.32 Å². The van der Waals surface area contributed by atoms with Crippen molar-refractivity contribution < 1.29 is 18.7 Å². The lowest BCUT2D eigenvalue weighted by molar-refractivity contribution is 0.0833. The zero-order valence-electron chi connectivity index (χ0n) is 11.4. The van der Waals surface area contributed by atoms with Crippen LogP contribution in [0.5, 0.6) is 0 Å². The molecular formula is C15H16F2N2O2. The largest absolute Gasteiger partial charge is 0.391 e. The first-order valence-corrected chi connectivity index (χ1v) is 6.88. The summed E-state index contributed by atoms with van der Waals surface area (Å²) in [5.41, 5.74) is -0.917. The lowest BCUT2D eigenvalue weighted by Gasteiger charge is -2.18. The third-order valence-corrected chi connectivity index (χ3v) is 3.81. The van der Waals surface area contributed by atoms with Crippen molar-refractivity contribution in [3.05, 3.63) is 34.9 Å². The van der Waals surface area contributed by atoms with Gasteiger partial charge >= 0.3 is 0 Å². The molecule has 4 nitrogen and oxygen atoms in total. The van der Waals surface area contributed by atoms with Gasteiger partial charge in [-0.15, -0.1) is 0 Å². The molecule has 1 aliphatic carbocycles. The van der Waals surface area contributed by atoms with Crippen molar-refractivity contribution in [2.45, 2.75) is 31.8 Å². The first kappa shape index (κ1) is 15.4. The van der Waals surface area contributed by atoms with Crippen molar-refractivity contribution in [1.29, 1.82) is 5.26 Å². The summed E-state index contributed by atoms with van der Waals surface area (Å²) in [6, 6.07) is 3.23. The van der Waals surface area contributed by atoms with Gasteiger partial charge in [-0.1, -0.05) is 12.8 Å². The second kappa shape index (κ2) is 6.64. The Morgan fingerprint density at radius 1 is 1.38 bits per heavy atom. The predicted molar refractivity (Wildman–Crippen MR) is 71.4 cm³/mol. The summed E-state index contributed by atoms with van der Waals surface area (Å²) in [5.74, 6) is -2.97. The van der Waals surface area contributed by atoms with Gasteiger partial charge in [-0.3, -0.25) is 4.79 Å². The maximum absolute atomic E-state index is 13.7. The molecule has 112 valence electrons. The molecule has 0 radical (unpaired) electrons. The van der Waals surface area contributed by atoms with E-state index in [-0.39, 0.29) is 18.0 Å². The molecule has 2 N–H and O–H groups in total. The van der Waals surface area contributed by atoms with Gasteiger partial charge in [0.25, 0.3) is 5.91 Å². The lowest BCUT2D eigenvalue weighted by atomic mass is 10.0. The average Bonchev–Trinajstić information content (AvgIpc) is 2.98. The summed E-state index contributed by atoms with van der Waals surface area (Å²) < 4.78 is 27.3. The molecule has 2 rings (SSSR count). The van der Waals surface area contributed by atoms with Crippen molar-refractivity contribution in [3.8, 4) is 6.07 Å². The van der Waals surface area contributed by atoms with E-state index >= 15 is 0 Å². The molecule has 0 saturated heterocycles. The molecule has 1 aliphatic rings. The normalized spacial score (nSPS) is 16.5. The fraction of sp³-hybridized carbons (Fsp3) is 0.467. The molecule has 0 bridgehead atoms. The third-order valence-electron chi connectivity index (χ3n) is 3.81. The molecule has 1 atom stereocenters. The summed E-state index contributed by atoms with van der Waals surface area (Å²) in [6.07, 6.45) is 3.19. The van der Waals surface area contributed by atoms with E-state index in [1.54, 1.807) is 6.07 Å². The third kappa shape index (κ3) is 3.56. The lowest BCUT2D eigenvalue weighted by Crippen LogP contribution is -2.36. The van der Waals surface area contributed by atoms with Gasteiger partial charge in [0.05, 0.1) is 17.7 Å². The van der Waals surface area contributed by atoms with Crippen LogP contribution in [0.15, 0.2) is 12.1 Å². The van der Waals surface area contributed by atoms with E-state index in [1.165, 1.54) is 0 Å². The predicted octanol–water partition coefficient (Wildman–Crippen LogP) is 2.12. The minimum absolute atomic E-state index is 0.0393. The molecule has 6 heteroatoms. The zero-order chi connectivity index (χ0) is 15.4. The van der Waals surface area contributed by atoms with E-state index < -0.39 is 29.2 Å². The van der Waals surface area contributed by atoms with Crippen molar-refractivity contribution in [1.82, 2.24) is 5.32 Å². The van der Waals surface area contributed by atoms with Crippen LogP contribution in [0.25, 0.3) is 0 Å². The van der Waals surface area contributed by atoms with Crippen LogP contribution in [0.1, 0.15) is 41.6 Å². The molecule has 0 spiro atoms. The Kier molecular flexibility index (Phi) is 4.86. The maximum atomic E-state index is 13.7. The summed E-state index contributed by atoms with van der Waals surface area (Å²) >= 11 is 0. The second-order valence-corrected chi connectivity index (χ2v) is 5.25. The fourth-order valence-corrected chi connectivity index (χ4v) is 2.65. The van der Waals surface area contributed by atoms with Crippen LogP contribution in [0.4, 0.5) is 8.78 Å². The minimum atomic E-state index is -1.08. The Bertz CT molecular complexity index is 555. The molecule has 1 fully saturated rings. The van der Waals surface area contributed by atoms with E-state index in [9.17, 15) is 18.7 Å². The number of aliphatic hydroxyl groups excluding tert-OH is 1. The van der Waals surface area contributed by atoms with Crippen LogP contribution in [-0.2, 0) is 0 Å². The van der Waals surface area contributed by atoms with E-state index in [1.807, 2.05) is 0 Å². The Morgan fingerprint density at radius 3 is 2.48 bits per heavy atom. The smallest absolute Gasteiger partial charge is 0.257 e. The maximum Gasteiger partial charge on any atom is 0.257 e. The fourth-order valence-electron chi connectivity index (χ4n) is 2.65. The minimum Gasteiger partial charge on any atom is -0.391 e. The van der Waals surface area contributed by atoms with Gasteiger partial charge in [-0.25, -0.2) is 8.78 Å². The van der Waals surface area contributed by atoms with Gasteiger partial charge in [0.15, 0.2) is 0 Å². The number of carbonyl (C=O) groups excluding carboxylic acids is 1. The van der Waals surface area contributed by atoms with E-state index in [0.29, 0.717) is 0 Å². The number of aliphatic hydroxyl groups is 1. The standard InChI is InChI=1S/C15H16F2N2O2/c16-11-5-9(7-18)6-12(17)14(11)15(21)19-8-13(20)10-3-1-2-4-10/h5-6,10,13,20H,1-4,8H2,(H,19,21). The quantitative estimate of drug-likeness (QED) is 0.893. The van der Waals surface area contributed by atoms with Crippen LogP contribution in [0.3, 0.4) is 0 Å². The first-order valence-electron chi connectivity index (χ1n) is 6.88. The van der Waals surface area contributed by atoms with Crippen molar-refractivity contribution in [2.75, 3.05) is 6.54 Å². The molecular weight excluding hydrogens is 278 g/mol. The van der Waals surface area contributed by atoms with Crippen LogP contribution in [0.2, 0.25) is 0 Å². The first-order chi connectivity index (χ1) is 10.0. The van der Waals surface area contributed by atoms with Crippen molar-refractivity contribution in [2.24, 2.45) is 5.92 Å². The number of hydrogen-bond acceptors (Lipinski definition) is 3. The number of nitrogens with one attached hydrogen (secondary N) is 1. The topological polar surface area (TPSA) is 73.1 Å². The van der Waals surface area contributed by atoms with Gasteiger partial charge < -0.3 is 10.4 Å². The van der Waals surface area contributed by atoms with Crippen LogP contribution >= 0.6 is 0 Å². The Morgan fingerprint density at radius 2 is 1.95 bits per heavy atom. The Balaban J connectivity index is 2.02. The van der Waals surface area contributed by atoms with Crippen molar-refractivity contribution in [3.63, 3.8) is 0 Å². The van der Waals surface area contributed by atoms with E-state index in [4.69, 9.17) is 5.26 Å². The van der Waals surface area contributed by atoms with E-state index in [2.05, 4.69) is 5.32 Å². The van der Waals surface area contributed by atoms with E-state index in [0.717, 1.165) is 37.8 Å². The monoisotopic (exact) mass is 294 g/mol. The average molecular weight is 294 g/mol. The summed E-state index contributed by atoms with van der Waals surface area (Å²) in [5, 5.41) is 20.9. The number of nitriles is 1. The summed E-state index contributed by atoms with van der Waals surface area (Å²) in [7, 11) is 0. The highest BCUT2D eigenvalue weighted by Crippen LogP contribution is 2.27. The molecule has 0 heterocycles. The number of carbonyl (C=O) groups is 1. The summed E-state index contributed by atoms with van der Waals surface area (Å²) in [6.45, 7) is -0.0393. The van der Waals surface area contributed by atoms with Crippen molar-refractivity contribution >= 4 is 5.91 Å². The molecule has 1 amide bonds. The van der Waals surface area contributed by atoms with Gasteiger partial charge in [0.1, 0.15) is 17.2 Å².